The summed E-state index contributed by atoms with van der Waals surface area (Å²) in [6.07, 6.45) is 2.07. The lowest BCUT2D eigenvalue weighted by atomic mass is 9.93. The molecule has 1 unspecified atom stereocenters. The molecule has 2 aromatic rings. The maximum Gasteiger partial charge on any atom is 0.152 e. The molecule has 1 aliphatic heterocycles. The molecule has 20 heavy (non-hydrogen) atoms. The molecule has 1 heterocycles. The van der Waals surface area contributed by atoms with Crippen LogP contribution in [0.3, 0.4) is 0 Å². The monoisotopic (exact) mass is 265 g/mol. The molecule has 0 N–H and O–H groups in total. The predicted molar refractivity (Wildman–Crippen MR) is 82.9 cm³/mol. The lowest BCUT2D eigenvalue weighted by Gasteiger charge is -2.35. The van der Waals surface area contributed by atoms with Crippen LogP contribution in [0.2, 0.25) is 0 Å². The van der Waals surface area contributed by atoms with Gasteiger partial charge in [0.25, 0.3) is 0 Å². The fourth-order valence-corrected chi connectivity index (χ4v) is 3.04. The Morgan fingerprint density at radius 2 is 1.95 bits per heavy atom. The van der Waals surface area contributed by atoms with Crippen molar-refractivity contribution in [3.63, 3.8) is 0 Å². The molecule has 1 aliphatic rings. The molecule has 0 radical (unpaired) electrons. The first-order chi connectivity index (χ1) is 9.69. The summed E-state index contributed by atoms with van der Waals surface area (Å²) in [6.45, 7) is 5.24. The van der Waals surface area contributed by atoms with Crippen LogP contribution in [0.25, 0.3) is 0 Å². The number of rotatable bonds is 2. The van der Waals surface area contributed by atoms with Crippen molar-refractivity contribution in [3.05, 3.63) is 59.2 Å². The van der Waals surface area contributed by atoms with Crippen LogP contribution >= 0.6 is 0 Å². The highest BCUT2D eigenvalue weighted by atomic mass is 16.1. The van der Waals surface area contributed by atoms with Gasteiger partial charge in [0.05, 0.1) is 5.69 Å². The molecule has 2 aromatic carbocycles. The average Bonchev–Trinajstić information content (AvgIpc) is 2.46. The van der Waals surface area contributed by atoms with E-state index in [2.05, 4.69) is 48.2 Å². The number of carbonyl (C=O) groups is 1. The number of benzene rings is 2. The molecule has 2 nitrogen and oxygen atoms in total. The summed E-state index contributed by atoms with van der Waals surface area (Å²) in [6, 6.07) is 14.6. The van der Waals surface area contributed by atoms with Crippen molar-refractivity contribution in [2.24, 2.45) is 5.92 Å². The Hall–Kier alpha value is -2.09. The highest BCUT2D eigenvalue weighted by Crippen LogP contribution is 2.36. The van der Waals surface area contributed by atoms with Gasteiger partial charge < -0.3 is 4.90 Å². The van der Waals surface area contributed by atoms with Crippen LogP contribution in [0, 0.1) is 12.8 Å². The SMILES string of the molecule is Cc1ccc(N2CC(C)Cc3ccccc32)c(C=O)c1. The molecule has 0 aromatic heterocycles. The summed E-state index contributed by atoms with van der Waals surface area (Å²) in [5.41, 5.74) is 5.51. The third-order valence-electron chi connectivity index (χ3n) is 3.95. The van der Waals surface area contributed by atoms with Crippen LogP contribution in [-0.4, -0.2) is 12.8 Å². The Balaban J connectivity index is 2.13. The van der Waals surface area contributed by atoms with Crippen LogP contribution in [0.4, 0.5) is 11.4 Å². The van der Waals surface area contributed by atoms with Crippen molar-refractivity contribution in [1.29, 1.82) is 0 Å². The van der Waals surface area contributed by atoms with Crippen LogP contribution < -0.4 is 4.90 Å². The normalized spacial score (nSPS) is 17.7. The highest BCUT2D eigenvalue weighted by Gasteiger charge is 2.23. The van der Waals surface area contributed by atoms with E-state index in [4.69, 9.17) is 0 Å². The molecular formula is C18H19NO. The maximum absolute atomic E-state index is 11.4. The number of aryl methyl sites for hydroxylation is 1. The van der Waals surface area contributed by atoms with Crippen molar-refractivity contribution in [2.75, 3.05) is 11.4 Å². The molecule has 0 aliphatic carbocycles. The molecular weight excluding hydrogens is 246 g/mol. The van der Waals surface area contributed by atoms with E-state index in [9.17, 15) is 4.79 Å². The van der Waals surface area contributed by atoms with E-state index in [1.54, 1.807) is 0 Å². The summed E-state index contributed by atoms with van der Waals surface area (Å²) in [4.78, 5) is 13.7. The maximum atomic E-state index is 11.4. The molecule has 3 rings (SSSR count). The first kappa shape index (κ1) is 12.9. The van der Waals surface area contributed by atoms with Crippen molar-refractivity contribution in [1.82, 2.24) is 0 Å². The molecule has 0 spiro atoms. The molecule has 0 saturated carbocycles. The van der Waals surface area contributed by atoms with Crippen molar-refractivity contribution in [3.8, 4) is 0 Å². The zero-order chi connectivity index (χ0) is 14.1. The van der Waals surface area contributed by atoms with Gasteiger partial charge in [-0.25, -0.2) is 0 Å². The van der Waals surface area contributed by atoms with E-state index < -0.39 is 0 Å². The number of para-hydroxylation sites is 1. The van der Waals surface area contributed by atoms with Crippen molar-refractivity contribution in [2.45, 2.75) is 20.3 Å². The number of aldehydes is 1. The number of nitrogens with zero attached hydrogens (tertiary/aromatic N) is 1. The third kappa shape index (κ3) is 2.22. The van der Waals surface area contributed by atoms with E-state index in [-0.39, 0.29) is 0 Å². The standard InChI is InChI=1S/C18H19NO/c1-13-7-8-18(16(9-13)12-20)19-11-14(2)10-15-5-3-4-6-17(15)19/h3-9,12,14H,10-11H2,1-2H3. The number of carbonyl (C=O) groups excluding carboxylic acids is 1. The zero-order valence-corrected chi connectivity index (χ0v) is 12.0. The number of fused-ring (bicyclic) bond motifs is 1. The second-order valence-corrected chi connectivity index (χ2v) is 5.73. The number of anilines is 2. The predicted octanol–water partition coefficient (Wildman–Crippen LogP) is 4.14. The minimum Gasteiger partial charge on any atom is -0.340 e. The Morgan fingerprint density at radius 3 is 2.75 bits per heavy atom. The van der Waals surface area contributed by atoms with Gasteiger partial charge in [-0.05, 0) is 43.0 Å². The Bertz CT molecular complexity index is 648. The third-order valence-corrected chi connectivity index (χ3v) is 3.95. The highest BCUT2D eigenvalue weighted by molar-refractivity contribution is 5.87. The first-order valence-corrected chi connectivity index (χ1v) is 7.10. The molecule has 0 saturated heterocycles. The van der Waals surface area contributed by atoms with Crippen molar-refractivity contribution >= 4 is 17.7 Å². The van der Waals surface area contributed by atoms with Crippen LogP contribution in [0.5, 0.6) is 0 Å². The summed E-state index contributed by atoms with van der Waals surface area (Å²) < 4.78 is 0. The minimum absolute atomic E-state index is 0.589. The molecule has 0 bridgehead atoms. The van der Waals surface area contributed by atoms with E-state index >= 15 is 0 Å². The Kier molecular flexibility index (Phi) is 3.31. The van der Waals surface area contributed by atoms with Crippen LogP contribution in [0.1, 0.15) is 28.4 Å². The minimum atomic E-state index is 0.589. The second kappa shape index (κ2) is 5.12. The van der Waals surface area contributed by atoms with E-state index in [1.165, 1.54) is 11.3 Å². The number of hydrogen-bond acceptors (Lipinski definition) is 2. The van der Waals surface area contributed by atoms with Gasteiger partial charge in [-0.3, -0.25) is 4.79 Å². The van der Waals surface area contributed by atoms with E-state index in [0.29, 0.717) is 5.92 Å². The van der Waals surface area contributed by atoms with Gasteiger partial charge in [-0.1, -0.05) is 36.8 Å². The smallest absolute Gasteiger partial charge is 0.152 e. The zero-order valence-electron chi connectivity index (χ0n) is 12.0. The van der Waals surface area contributed by atoms with Gasteiger partial charge in [0.15, 0.2) is 6.29 Å². The van der Waals surface area contributed by atoms with Gasteiger partial charge in [0.1, 0.15) is 0 Å². The summed E-state index contributed by atoms with van der Waals surface area (Å²) in [7, 11) is 0. The quantitative estimate of drug-likeness (QED) is 0.761. The number of hydrogen-bond donors (Lipinski definition) is 0. The Morgan fingerprint density at radius 1 is 1.15 bits per heavy atom. The molecule has 0 amide bonds. The van der Waals surface area contributed by atoms with Crippen LogP contribution in [-0.2, 0) is 6.42 Å². The molecule has 0 fully saturated rings. The lowest BCUT2D eigenvalue weighted by Crippen LogP contribution is -2.31. The lowest BCUT2D eigenvalue weighted by molar-refractivity contribution is 0.112. The van der Waals surface area contributed by atoms with E-state index in [1.807, 2.05) is 13.0 Å². The molecule has 102 valence electrons. The molecule has 2 heteroatoms. The van der Waals surface area contributed by atoms with Gasteiger partial charge in [0.2, 0.25) is 0 Å². The van der Waals surface area contributed by atoms with Crippen LogP contribution in [0.15, 0.2) is 42.5 Å². The van der Waals surface area contributed by atoms with E-state index in [0.717, 1.165) is 36.1 Å². The summed E-state index contributed by atoms with van der Waals surface area (Å²) >= 11 is 0. The fourth-order valence-electron chi connectivity index (χ4n) is 3.04. The largest absolute Gasteiger partial charge is 0.340 e. The fraction of sp³-hybridized carbons (Fsp3) is 0.278. The second-order valence-electron chi connectivity index (χ2n) is 5.73. The average molecular weight is 265 g/mol. The van der Waals surface area contributed by atoms with Gasteiger partial charge in [0, 0.05) is 17.8 Å². The summed E-state index contributed by atoms with van der Waals surface area (Å²) in [5, 5.41) is 0. The first-order valence-electron chi connectivity index (χ1n) is 7.10. The van der Waals surface area contributed by atoms with Gasteiger partial charge >= 0.3 is 0 Å². The van der Waals surface area contributed by atoms with Gasteiger partial charge in [-0.15, -0.1) is 0 Å². The topological polar surface area (TPSA) is 20.3 Å². The molecule has 1 atom stereocenters. The van der Waals surface area contributed by atoms with Gasteiger partial charge in [-0.2, -0.15) is 0 Å². The summed E-state index contributed by atoms with van der Waals surface area (Å²) in [5.74, 6) is 0.589. The van der Waals surface area contributed by atoms with Crippen molar-refractivity contribution < 1.29 is 4.79 Å². The Labute approximate surface area is 120 Å².